The lowest BCUT2D eigenvalue weighted by atomic mass is 10.4. The van der Waals surface area contributed by atoms with Crippen LogP contribution in [0, 0.1) is 0 Å². The zero-order chi connectivity index (χ0) is 11.7. The van der Waals surface area contributed by atoms with E-state index in [2.05, 4.69) is 5.32 Å². The van der Waals surface area contributed by atoms with Gasteiger partial charge in [0.2, 0.25) is 5.91 Å². The van der Waals surface area contributed by atoms with E-state index in [0.29, 0.717) is 0 Å². The third-order valence-corrected chi connectivity index (χ3v) is 2.11. The summed E-state index contributed by atoms with van der Waals surface area (Å²) in [4.78, 5) is 11.0. The molecule has 0 aromatic heterocycles. The number of amides is 1. The molecule has 0 aliphatic rings. The summed E-state index contributed by atoms with van der Waals surface area (Å²) in [5.41, 5.74) is 0. The Kier molecular flexibility index (Phi) is 7.22. The summed E-state index contributed by atoms with van der Waals surface area (Å²) in [6.07, 6.45) is 0.0888. The molecule has 0 aromatic rings. The molecule has 0 aliphatic heterocycles. The summed E-state index contributed by atoms with van der Waals surface area (Å²) >= 11 is 0. The number of rotatable bonds is 8. The van der Waals surface area contributed by atoms with Crippen molar-refractivity contribution in [1.29, 1.82) is 0 Å². The van der Waals surface area contributed by atoms with E-state index in [0.717, 1.165) is 0 Å². The number of carbonyl (C=O) groups excluding carboxylic acids is 1. The number of aliphatic hydroxyl groups is 1. The summed E-state index contributed by atoms with van der Waals surface area (Å²) in [5.74, 6) is -0.868. The molecule has 0 heterocycles. The second-order valence-corrected chi connectivity index (χ2v) is 4.29. The first-order valence-corrected chi connectivity index (χ1v) is 5.97. The smallest absolute Gasteiger partial charge is 0.266 e. The molecule has 90 valence electrons. The molecule has 0 aromatic carbocycles. The summed E-state index contributed by atoms with van der Waals surface area (Å²) < 4.78 is 33.7. The highest BCUT2D eigenvalue weighted by molar-refractivity contribution is 7.85. The summed E-state index contributed by atoms with van der Waals surface area (Å²) in [5, 5.41) is 10.6. The van der Waals surface area contributed by atoms with Crippen LogP contribution in [0.15, 0.2) is 0 Å². The fraction of sp³-hybridized carbons (Fsp3) is 0.857. The minimum Gasteiger partial charge on any atom is -0.394 e. The molecule has 7 nitrogen and oxygen atoms in total. The molecule has 0 fully saturated rings. The van der Waals surface area contributed by atoms with Gasteiger partial charge in [-0.15, -0.1) is 0 Å². The molecule has 0 bridgehead atoms. The lowest BCUT2D eigenvalue weighted by Crippen LogP contribution is -2.29. The van der Waals surface area contributed by atoms with Crippen LogP contribution in [0.5, 0.6) is 0 Å². The molecular weight excluding hydrogens is 226 g/mol. The SMILES string of the molecule is O=C(CCOCCO)NCCS(=O)(=O)O. The predicted octanol–water partition coefficient (Wildman–Crippen LogP) is -1.61. The third kappa shape index (κ3) is 11.2. The van der Waals surface area contributed by atoms with Gasteiger partial charge in [0.05, 0.1) is 25.6 Å². The molecule has 0 saturated carbocycles. The standard InChI is InChI=1S/C7H15NO6S/c9-3-5-14-4-1-7(10)8-2-6-15(11,12)13/h9H,1-6H2,(H,8,10)(H,11,12,13). The van der Waals surface area contributed by atoms with Crippen molar-refractivity contribution in [3.8, 4) is 0 Å². The van der Waals surface area contributed by atoms with Crippen molar-refractivity contribution in [2.75, 3.05) is 32.1 Å². The van der Waals surface area contributed by atoms with E-state index < -0.39 is 15.9 Å². The number of hydrogen-bond acceptors (Lipinski definition) is 5. The van der Waals surface area contributed by atoms with Gasteiger partial charge in [-0.3, -0.25) is 9.35 Å². The lowest BCUT2D eigenvalue weighted by Gasteiger charge is -2.04. The van der Waals surface area contributed by atoms with Crippen LogP contribution in [0.2, 0.25) is 0 Å². The Morgan fingerprint density at radius 3 is 2.53 bits per heavy atom. The lowest BCUT2D eigenvalue weighted by molar-refractivity contribution is -0.122. The molecule has 0 unspecified atom stereocenters. The first-order valence-electron chi connectivity index (χ1n) is 4.36. The van der Waals surface area contributed by atoms with Crippen LogP contribution in [-0.2, 0) is 19.6 Å². The van der Waals surface area contributed by atoms with Gasteiger partial charge in [-0.1, -0.05) is 0 Å². The largest absolute Gasteiger partial charge is 0.394 e. The van der Waals surface area contributed by atoms with Gasteiger partial charge in [0.1, 0.15) is 0 Å². The molecule has 0 saturated heterocycles. The highest BCUT2D eigenvalue weighted by atomic mass is 32.2. The molecule has 0 aliphatic carbocycles. The van der Waals surface area contributed by atoms with Crippen molar-refractivity contribution in [1.82, 2.24) is 5.32 Å². The Labute approximate surface area is 88.2 Å². The van der Waals surface area contributed by atoms with Crippen molar-refractivity contribution >= 4 is 16.0 Å². The predicted molar refractivity (Wildman–Crippen MR) is 51.9 cm³/mol. The molecule has 0 atom stereocenters. The minimum atomic E-state index is -4.03. The summed E-state index contributed by atoms with van der Waals surface area (Å²) in [6, 6.07) is 0. The van der Waals surface area contributed by atoms with Crippen LogP contribution in [0.3, 0.4) is 0 Å². The highest BCUT2D eigenvalue weighted by Gasteiger charge is 2.05. The van der Waals surface area contributed by atoms with Crippen LogP contribution < -0.4 is 5.32 Å². The van der Waals surface area contributed by atoms with Crippen molar-refractivity contribution in [2.45, 2.75) is 6.42 Å². The first kappa shape index (κ1) is 14.3. The Morgan fingerprint density at radius 2 is 2.00 bits per heavy atom. The Hall–Kier alpha value is -0.700. The second kappa shape index (κ2) is 7.57. The van der Waals surface area contributed by atoms with Gasteiger partial charge >= 0.3 is 0 Å². The Bertz CT molecular complexity index is 275. The van der Waals surface area contributed by atoms with Crippen molar-refractivity contribution < 1.29 is 27.6 Å². The maximum atomic E-state index is 11.0. The minimum absolute atomic E-state index is 0.0888. The van der Waals surface area contributed by atoms with Crippen molar-refractivity contribution in [3.63, 3.8) is 0 Å². The average Bonchev–Trinajstić information content (AvgIpc) is 2.10. The molecule has 0 spiro atoms. The second-order valence-electron chi connectivity index (χ2n) is 2.72. The average molecular weight is 241 g/mol. The Morgan fingerprint density at radius 1 is 1.33 bits per heavy atom. The van der Waals surface area contributed by atoms with Gasteiger partial charge in [0, 0.05) is 13.0 Å². The van der Waals surface area contributed by atoms with Gasteiger partial charge in [-0.25, -0.2) is 0 Å². The van der Waals surface area contributed by atoms with Crippen LogP contribution in [-0.4, -0.2) is 56.1 Å². The molecule has 15 heavy (non-hydrogen) atoms. The summed E-state index contributed by atoms with van der Waals surface area (Å²) in [6.45, 7) is 0.0958. The fourth-order valence-corrected chi connectivity index (χ4v) is 1.10. The van der Waals surface area contributed by atoms with E-state index in [1.807, 2.05) is 0 Å². The van der Waals surface area contributed by atoms with Gasteiger partial charge in [-0.05, 0) is 0 Å². The van der Waals surface area contributed by atoms with E-state index in [1.165, 1.54) is 0 Å². The third-order valence-electron chi connectivity index (χ3n) is 1.39. The van der Waals surface area contributed by atoms with Crippen LogP contribution in [0.25, 0.3) is 0 Å². The molecule has 0 rings (SSSR count). The van der Waals surface area contributed by atoms with Gasteiger partial charge in [0.25, 0.3) is 10.1 Å². The first-order chi connectivity index (χ1) is 6.95. The molecule has 8 heteroatoms. The molecule has 1 amide bonds. The normalized spacial score (nSPS) is 11.3. The number of ether oxygens (including phenoxy) is 1. The maximum Gasteiger partial charge on any atom is 0.266 e. The van der Waals surface area contributed by atoms with Gasteiger partial charge < -0.3 is 15.2 Å². The Balaban J connectivity index is 3.42. The highest BCUT2D eigenvalue weighted by Crippen LogP contribution is 1.84. The van der Waals surface area contributed by atoms with Crippen LogP contribution in [0.1, 0.15) is 6.42 Å². The molecule has 0 radical (unpaired) electrons. The van der Waals surface area contributed by atoms with Crippen molar-refractivity contribution in [2.24, 2.45) is 0 Å². The van der Waals surface area contributed by atoms with E-state index >= 15 is 0 Å². The topological polar surface area (TPSA) is 113 Å². The number of nitrogens with one attached hydrogen (secondary N) is 1. The van der Waals surface area contributed by atoms with Crippen LogP contribution in [0.4, 0.5) is 0 Å². The van der Waals surface area contributed by atoms with Crippen molar-refractivity contribution in [3.05, 3.63) is 0 Å². The van der Waals surface area contributed by atoms with E-state index in [-0.39, 0.29) is 38.7 Å². The number of hydrogen-bond donors (Lipinski definition) is 3. The van der Waals surface area contributed by atoms with E-state index in [1.54, 1.807) is 0 Å². The van der Waals surface area contributed by atoms with Gasteiger partial charge in [0.15, 0.2) is 0 Å². The van der Waals surface area contributed by atoms with E-state index in [4.69, 9.17) is 14.4 Å². The fourth-order valence-electron chi connectivity index (χ4n) is 0.739. The number of aliphatic hydroxyl groups excluding tert-OH is 1. The van der Waals surface area contributed by atoms with Gasteiger partial charge in [-0.2, -0.15) is 8.42 Å². The van der Waals surface area contributed by atoms with E-state index in [9.17, 15) is 13.2 Å². The summed E-state index contributed by atoms with van der Waals surface area (Å²) in [7, 11) is -4.03. The molecular formula is C7H15NO6S. The zero-order valence-electron chi connectivity index (χ0n) is 8.18. The van der Waals surface area contributed by atoms with Crippen LogP contribution >= 0.6 is 0 Å². The quantitative estimate of drug-likeness (QED) is 0.348. The monoisotopic (exact) mass is 241 g/mol. The molecule has 3 N–H and O–H groups in total. The zero-order valence-corrected chi connectivity index (χ0v) is 8.99. The number of carbonyl (C=O) groups is 1. The maximum absolute atomic E-state index is 11.0.